The molecule has 2 aliphatic heterocycles. The minimum absolute atomic E-state index is 0.0113. The van der Waals surface area contributed by atoms with E-state index in [1.54, 1.807) is 13.3 Å². The summed E-state index contributed by atoms with van der Waals surface area (Å²) in [5.74, 6) is -0.388. The number of nitrogens with zero attached hydrogens (tertiary/aromatic N) is 3. The van der Waals surface area contributed by atoms with Gasteiger partial charge in [0.15, 0.2) is 0 Å². The zero-order valence-electron chi connectivity index (χ0n) is 22.4. The number of methoxy groups -OCH3 is 1. The number of likely N-dealkylation sites (tertiary alicyclic amines) is 1. The van der Waals surface area contributed by atoms with Crippen molar-refractivity contribution in [3.05, 3.63) is 74.1 Å². The largest absolute Gasteiger partial charge is 0.383 e. The normalized spacial score (nSPS) is 18.4. The van der Waals surface area contributed by atoms with Gasteiger partial charge < -0.3 is 19.5 Å². The summed E-state index contributed by atoms with van der Waals surface area (Å²) >= 11 is 3.64. The summed E-state index contributed by atoms with van der Waals surface area (Å²) in [7, 11) is 1.62. The Labute approximate surface area is 240 Å². The lowest BCUT2D eigenvalue weighted by Gasteiger charge is -2.33. The molecule has 1 unspecified atom stereocenters. The molecule has 6 rings (SSSR count). The van der Waals surface area contributed by atoms with Crippen molar-refractivity contribution >= 4 is 49.6 Å². The van der Waals surface area contributed by atoms with Crippen LogP contribution in [0.2, 0.25) is 0 Å². The first-order valence-corrected chi connectivity index (χ1v) is 14.5. The number of amides is 2. The Bertz CT molecular complexity index is 1640. The highest BCUT2D eigenvalue weighted by atomic mass is 79.9. The number of carbonyl (C=O) groups excluding carboxylic acids is 2. The number of nitrogens with one attached hydrogen (secondary N) is 2. The molecule has 9 nitrogen and oxygen atoms in total. The summed E-state index contributed by atoms with van der Waals surface area (Å²) in [6, 6.07) is 11.8. The van der Waals surface area contributed by atoms with Gasteiger partial charge in [-0.15, -0.1) is 0 Å². The fourth-order valence-electron chi connectivity index (χ4n) is 6.23. The van der Waals surface area contributed by atoms with Gasteiger partial charge in [0.25, 0.3) is 5.56 Å². The number of piperidine rings is 1. The van der Waals surface area contributed by atoms with Gasteiger partial charge in [0, 0.05) is 60.6 Å². The van der Waals surface area contributed by atoms with E-state index in [1.165, 1.54) is 0 Å². The molecule has 4 heterocycles. The Hall–Kier alpha value is -3.50. The van der Waals surface area contributed by atoms with Crippen LogP contribution in [0, 0.1) is 5.92 Å². The van der Waals surface area contributed by atoms with Crippen LogP contribution in [0.1, 0.15) is 41.9 Å². The van der Waals surface area contributed by atoms with Crippen LogP contribution in [0.3, 0.4) is 0 Å². The van der Waals surface area contributed by atoms with Crippen molar-refractivity contribution in [2.75, 3.05) is 33.4 Å². The van der Waals surface area contributed by atoms with E-state index in [2.05, 4.69) is 31.1 Å². The second kappa shape index (κ2) is 11.2. The highest BCUT2D eigenvalue weighted by molar-refractivity contribution is 9.10. The number of rotatable bonds is 6. The van der Waals surface area contributed by atoms with E-state index in [0.29, 0.717) is 39.2 Å². The predicted octanol–water partition coefficient (Wildman–Crippen LogP) is 4.11. The molecule has 208 valence electrons. The molecule has 2 N–H and O–H groups in total. The topological polar surface area (TPSA) is 111 Å². The van der Waals surface area contributed by atoms with Gasteiger partial charge in [0.05, 0.1) is 24.2 Å². The lowest BCUT2D eigenvalue weighted by Crippen LogP contribution is -2.42. The van der Waals surface area contributed by atoms with Crippen LogP contribution in [-0.2, 0) is 27.3 Å². The lowest BCUT2D eigenvalue weighted by molar-refractivity contribution is -0.142. The number of aromatic nitrogens is 3. The van der Waals surface area contributed by atoms with E-state index in [9.17, 15) is 14.4 Å². The first-order chi connectivity index (χ1) is 19.4. The number of pyridine rings is 1. The second-order valence-electron chi connectivity index (χ2n) is 10.8. The quantitative estimate of drug-likeness (QED) is 0.343. The molecule has 2 aromatic heterocycles. The Morgan fingerprint density at radius 3 is 2.77 bits per heavy atom. The Morgan fingerprint density at radius 1 is 1.18 bits per heavy atom. The molecule has 10 heteroatoms. The molecule has 0 saturated carbocycles. The Morgan fingerprint density at radius 2 is 1.98 bits per heavy atom. The van der Waals surface area contributed by atoms with Crippen LogP contribution in [0.5, 0.6) is 0 Å². The third kappa shape index (κ3) is 5.06. The smallest absolute Gasteiger partial charge is 0.251 e. The van der Waals surface area contributed by atoms with E-state index in [4.69, 9.17) is 4.74 Å². The maximum absolute atomic E-state index is 13.7. The second-order valence-corrected chi connectivity index (χ2v) is 11.7. The van der Waals surface area contributed by atoms with Gasteiger partial charge in [0.1, 0.15) is 0 Å². The zero-order valence-corrected chi connectivity index (χ0v) is 24.0. The maximum Gasteiger partial charge on any atom is 0.251 e. The predicted molar refractivity (Wildman–Crippen MR) is 156 cm³/mol. The van der Waals surface area contributed by atoms with Crippen molar-refractivity contribution in [1.82, 2.24) is 25.0 Å². The van der Waals surface area contributed by atoms with Gasteiger partial charge in [-0.2, -0.15) is 5.10 Å². The molecule has 1 saturated heterocycles. The standard InChI is InChI=1S/C30H32BrN5O4/c1-40-11-10-36-17-24-20(14-25(31)28-23(24)16-32-34-28)12-21(30(36)39)15-27(37)35-8-6-18(7-9-35)22-13-19-4-2-3-5-26(19)33-29(22)38/h2-5,13-14,16,18,21H,6-12,15,17H2,1H3,(H,32,34)(H,33,38). The molecule has 1 atom stereocenters. The van der Waals surface area contributed by atoms with Crippen LogP contribution in [0.15, 0.2) is 51.9 Å². The molecular weight excluding hydrogens is 574 g/mol. The SMILES string of the molecule is COCCN1Cc2c(cc(Br)c3[nH]ncc23)CC(CC(=O)N2CCC(c3cc4ccccc4[nH]c3=O)CC2)C1=O. The average Bonchev–Trinajstić information content (AvgIpc) is 3.42. The molecule has 0 bridgehead atoms. The highest BCUT2D eigenvalue weighted by Gasteiger charge is 2.34. The van der Waals surface area contributed by atoms with Gasteiger partial charge in [-0.25, -0.2) is 0 Å². The van der Waals surface area contributed by atoms with E-state index in [0.717, 1.165) is 55.8 Å². The number of aromatic amines is 2. The van der Waals surface area contributed by atoms with E-state index >= 15 is 0 Å². The molecule has 2 amide bonds. The van der Waals surface area contributed by atoms with Crippen LogP contribution < -0.4 is 5.56 Å². The number of halogens is 1. The summed E-state index contributed by atoms with van der Waals surface area (Å²) in [5, 5.41) is 9.25. The van der Waals surface area contributed by atoms with Crippen LogP contribution >= 0.6 is 15.9 Å². The number of carbonyl (C=O) groups is 2. The molecule has 0 radical (unpaired) electrons. The number of ether oxygens (including phenoxy) is 1. The first-order valence-electron chi connectivity index (χ1n) is 13.7. The molecule has 2 aliphatic rings. The van der Waals surface area contributed by atoms with Crippen molar-refractivity contribution in [3.8, 4) is 0 Å². The van der Waals surface area contributed by atoms with Gasteiger partial charge in [-0.1, -0.05) is 18.2 Å². The van der Waals surface area contributed by atoms with Gasteiger partial charge >= 0.3 is 0 Å². The zero-order chi connectivity index (χ0) is 27.8. The molecule has 40 heavy (non-hydrogen) atoms. The third-order valence-corrected chi connectivity index (χ3v) is 9.05. The van der Waals surface area contributed by atoms with Crippen LogP contribution in [0.4, 0.5) is 0 Å². The number of hydrogen-bond donors (Lipinski definition) is 2. The van der Waals surface area contributed by atoms with Crippen LogP contribution in [-0.4, -0.2) is 70.1 Å². The molecular formula is C30H32BrN5O4. The number of hydrogen-bond acceptors (Lipinski definition) is 5. The third-order valence-electron chi connectivity index (χ3n) is 8.42. The Balaban J connectivity index is 1.18. The van der Waals surface area contributed by atoms with Crippen molar-refractivity contribution in [2.45, 2.75) is 38.1 Å². The molecule has 2 aromatic carbocycles. The summed E-state index contributed by atoms with van der Waals surface area (Å²) < 4.78 is 6.18. The molecule has 4 aromatic rings. The summed E-state index contributed by atoms with van der Waals surface area (Å²) in [6.45, 7) is 2.48. The van der Waals surface area contributed by atoms with Gasteiger partial charge in [-0.05, 0) is 75.8 Å². The van der Waals surface area contributed by atoms with E-state index in [-0.39, 0.29) is 29.7 Å². The number of H-pyrrole nitrogens is 2. The molecule has 1 fully saturated rings. The molecule has 0 spiro atoms. The van der Waals surface area contributed by atoms with Crippen molar-refractivity contribution in [2.24, 2.45) is 5.92 Å². The van der Waals surface area contributed by atoms with Crippen molar-refractivity contribution in [1.29, 1.82) is 0 Å². The summed E-state index contributed by atoms with van der Waals surface area (Å²) in [6.07, 6.45) is 3.89. The number of benzene rings is 2. The highest BCUT2D eigenvalue weighted by Crippen LogP contribution is 2.35. The maximum atomic E-state index is 13.7. The van der Waals surface area contributed by atoms with Crippen molar-refractivity contribution in [3.63, 3.8) is 0 Å². The monoisotopic (exact) mass is 605 g/mol. The minimum Gasteiger partial charge on any atom is -0.383 e. The van der Waals surface area contributed by atoms with Gasteiger partial charge in [-0.3, -0.25) is 19.5 Å². The minimum atomic E-state index is -0.456. The average molecular weight is 607 g/mol. The van der Waals surface area contributed by atoms with Crippen molar-refractivity contribution < 1.29 is 14.3 Å². The van der Waals surface area contributed by atoms with Crippen LogP contribution in [0.25, 0.3) is 21.8 Å². The van der Waals surface area contributed by atoms with E-state index < -0.39 is 5.92 Å². The summed E-state index contributed by atoms with van der Waals surface area (Å²) in [5.41, 5.74) is 4.58. The number of fused-ring (bicyclic) bond motifs is 4. The fourth-order valence-corrected chi connectivity index (χ4v) is 6.81. The first kappa shape index (κ1) is 26.7. The van der Waals surface area contributed by atoms with Gasteiger partial charge in [0.2, 0.25) is 11.8 Å². The molecule has 0 aliphatic carbocycles. The lowest BCUT2D eigenvalue weighted by atomic mass is 9.88. The number of para-hydroxylation sites is 1. The van der Waals surface area contributed by atoms with E-state index in [1.807, 2.05) is 46.2 Å². The fraction of sp³-hybridized carbons (Fsp3) is 0.400. The summed E-state index contributed by atoms with van der Waals surface area (Å²) in [4.78, 5) is 46.7. The Kier molecular flexibility index (Phi) is 7.46.